The molecule has 3 nitrogen and oxygen atoms in total. The van der Waals surface area contributed by atoms with E-state index in [0.717, 1.165) is 25.9 Å². The third kappa shape index (κ3) is 3.09. The van der Waals surface area contributed by atoms with E-state index in [1.807, 2.05) is 0 Å². The van der Waals surface area contributed by atoms with E-state index in [9.17, 15) is 4.79 Å². The molecule has 122 valence electrons. The summed E-state index contributed by atoms with van der Waals surface area (Å²) in [6.07, 6.45) is 11.9. The zero-order valence-corrected chi connectivity index (χ0v) is 14.3. The Kier molecular flexibility index (Phi) is 4.60. The summed E-state index contributed by atoms with van der Waals surface area (Å²) in [7, 11) is 2.10. The van der Waals surface area contributed by atoms with Crippen molar-refractivity contribution < 1.29 is 4.79 Å². The van der Waals surface area contributed by atoms with Gasteiger partial charge in [0.05, 0.1) is 0 Å². The number of rotatable bonds is 3. The van der Waals surface area contributed by atoms with Crippen LogP contribution in [-0.4, -0.2) is 28.5 Å². The molecule has 0 bridgehead atoms. The van der Waals surface area contributed by atoms with Gasteiger partial charge >= 0.3 is 0 Å². The smallest absolute Gasteiger partial charge is 0.225 e. The number of carbonyl (C=O) groups is 1. The van der Waals surface area contributed by atoms with E-state index in [1.54, 1.807) is 0 Å². The van der Waals surface area contributed by atoms with Crippen molar-refractivity contribution >= 4 is 5.91 Å². The molecule has 1 aromatic rings. The molecule has 1 atom stereocenters. The van der Waals surface area contributed by atoms with Gasteiger partial charge in [-0.2, -0.15) is 0 Å². The molecule has 1 unspecified atom stereocenters. The predicted molar refractivity (Wildman–Crippen MR) is 89.8 cm³/mol. The molecule has 1 aliphatic heterocycles. The minimum Gasteiger partial charge on any atom is -0.357 e. The summed E-state index contributed by atoms with van der Waals surface area (Å²) in [6, 6.07) is 0. The molecule has 3 heteroatoms. The first-order valence-electron chi connectivity index (χ1n) is 8.97. The summed E-state index contributed by atoms with van der Waals surface area (Å²) in [5.74, 6) is 1.92. The van der Waals surface area contributed by atoms with Crippen LogP contribution in [0.25, 0.3) is 0 Å². The molecule has 1 aromatic heterocycles. The summed E-state index contributed by atoms with van der Waals surface area (Å²) in [5.41, 5.74) is 2.88. The van der Waals surface area contributed by atoms with Crippen LogP contribution in [0, 0.1) is 18.8 Å². The number of carbonyl (C=O) groups excluding carboxylic acids is 1. The van der Waals surface area contributed by atoms with Gasteiger partial charge in [0.25, 0.3) is 0 Å². The average Bonchev–Trinajstić information content (AvgIpc) is 3.15. The van der Waals surface area contributed by atoms with E-state index in [4.69, 9.17) is 0 Å². The molecule has 2 heterocycles. The first-order chi connectivity index (χ1) is 10.6. The Hall–Kier alpha value is -1.25. The SMILES string of the molecule is Cc1cn(C)cc1C1CCN(C(=O)C(C)C2CCCC2)CC1. The van der Waals surface area contributed by atoms with E-state index < -0.39 is 0 Å². The molecular formula is C19H30N2O. The topological polar surface area (TPSA) is 25.2 Å². The minimum absolute atomic E-state index is 0.234. The lowest BCUT2D eigenvalue weighted by atomic mass is 9.87. The number of amides is 1. The monoisotopic (exact) mass is 302 g/mol. The second kappa shape index (κ2) is 6.47. The highest BCUT2D eigenvalue weighted by molar-refractivity contribution is 5.79. The fourth-order valence-corrected chi connectivity index (χ4v) is 4.52. The molecule has 1 saturated carbocycles. The van der Waals surface area contributed by atoms with Crippen molar-refractivity contribution in [1.29, 1.82) is 0 Å². The Balaban J connectivity index is 1.57. The van der Waals surface area contributed by atoms with Crippen molar-refractivity contribution in [2.75, 3.05) is 13.1 Å². The van der Waals surface area contributed by atoms with Crippen molar-refractivity contribution in [3.05, 3.63) is 23.5 Å². The Labute approximate surface area is 134 Å². The summed E-state index contributed by atoms with van der Waals surface area (Å²) in [6.45, 7) is 6.24. The van der Waals surface area contributed by atoms with Crippen molar-refractivity contribution in [3.63, 3.8) is 0 Å². The number of aromatic nitrogens is 1. The normalized spacial score (nSPS) is 22.2. The van der Waals surface area contributed by atoms with Crippen molar-refractivity contribution in [3.8, 4) is 0 Å². The standard InChI is InChI=1S/C19H30N2O/c1-14-12-20(3)13-18(14)17-8-10-21(11-9-17)19(22)15(2)16-6-4-5-7-16/h12-13,15-17H,4-11H2,1-3H3. The zero-order chi connectivity index (χ0) is 15.7. The van der Waals surface area contributed by atoms with Gasteiger partial charge in [0.2, 0.25) is 5.91 Å². The maximum absolute atomic E-state index is 12.7. The van der Waals surface area contributed by atoms with Gasteiger partial charge < -0.3 is 9.47 Å². The summed E-state index contributed by atoms with van der Waals surface area (Å²) in [5, 5.41) is 0. The number of nitrogens with zero attached hydrogens (tertiary/aromatic N) is 2. The number of piperidine rings is 1. The average molecular weight is 302 g/mol. The third-order valence-corrected chi connectivity index (χ3v) is 5.94. The van der Waals surface area contributed by atoms with Crippen LogP contribution < -0.4 is 0 Å². The molecule has 22 heavy (non-hydrogen) atoms. The van der Waals surface area contributed by atoms with Gasteiger partial charge in [0, 0.05) is 38.4 Å². The summed E-state index contributed by atoms with van der Waals surface area (Å²) in [4.78, 5) is 14.9. The van der Waals surface area contributed by atoms with Crippen LogP contribution in [0.4, 0.5) is 0 Å². The van der Waals surface area contributed by atoms with E-state index in [0.29, 0.717) is 17.7 Å². The van der Waals surface area contributed by atoms with Crippen LogP contribution in [0.3, 0.4) is 0 Å². The van der Waals surface area contributed by atoms with Gasteiger partial charge in [-0.3, -0.25) is 4.79 Å². The van der Waals surface area contributed by atoms with Gasteiger partial charge in [-0.1, -0.05) is 19.8 Å². The molecule has 3 rings (SSSR count). The predicted octanol–water partition coefficient (Wildman–Crippen LogP) is 3.87. The largest absolute Gasteiger partial charge is 0.357 e. The first kappa shape index (κ1) is 15.6. The van der Waals surface area contributed by atoms with Crippen LogP contribution in [0.2, 0.25) is 0 Å². The highest BCUT2D eigenvalue weighted by Crippen LogP contribution is 2.34. The minimum atomic E-state index is 0.234. The number of likely N-dealkylation sites (tertiary alicyclic amines) is 1. The molecule has 1 saturated heterocycles. The van der Waals surface area contributed by atoms with Gasteiger partial charge in [-0.25, -0.2) is 0 Å². The molecule has 0 radical (unpaired) electrons. The van der Waals surface area contributed by atoms with Crippen LogP contribution in [0.5, 0.6) is 0 Å². The Morgan fingerprint density at radius 3 is 2.32 bits per heavy atom. The Morgan fingerprint density at radius 1 is 1.14 bits per heavy atom. The molecule has 1 amide bonds. The first-order valence-corrected chi connectivity index (χ1v) is 8.97. The summed E-state index contributed by atoms with van der Waals surface area (Å²) < 4.78 is 2.16. The zero-order valence-electron chi connectivity index (χ0n) is 14.3. The lowest BCUT2D eigenvalue weighted by Gasteiger charge is -2.35. The molecule has 2 aliphatic rings. The maximum atomic E-state index is 12.7. The quantitative estimate of drug-likeness (QED) is 0.832. The van der Waals surface area contributed by atoms with E-state index >= 15 is 0 Å². The molecule has 2 fully saturated rings. The van der Waals surface area contributed by atoms with Crippen molar-refractivity contribution in [1.82, 2.24) is 9.47 Å². The Morgan fingerprint density at radius 2 is 1.77 bits per heavy atom. The van der Waals surface area contributed by atoms with E-state index in [2.05, 4.69) is 42.8 Å². The van der Waals surface area contributed by atoms with Gasteiger partial charge in [0.1, 0.15) is 0 Å². The van der Waals surface area contributed by atoms with Crippen molar-refractivity contribution in [2.45, 2.75) is 58.3 Å². The lowest BCUT2D eigenvalue weighted by Crippen LogP contribution is -2.42. The van der Waals surface area contributed by atoms with Crippen LogP contribution in [0.1, 0.15) is 62.5 Å². The maximum Gasteiger partial charge on any atom is 0.225 e. The van der Waals surface area contributed by atoms with Gasteiger partial charge in [-0.15, -0.1) is 0 Å². The number of hydrogen-bond donors (Lipinski definition) is 0. The number of hydrogen-bond acceptors (Lipinski definition) is 1. The van der Waals surface area contributed by atoms with Crippen LogP contribution >= 0.6 is 0 Å². The molecule has 0 spiro atoms. The second-order valence-electron chi connectivity index (χ2n) is 7.49. The fourth-order valence-electron chi connectivity index (χ4n) is 4.52. The third-order valence-electron chi connectivity index (χ3n) is 5.94. The second-order valence-corrected chi connectivity index (χ2v) is 7.49. The van der Waals surface area contributed by atoms with E-state index in [1.165, 1.54) is 36.8 Å². The molecule has 0 aromatic carbocycles. The van der Waals surface area contributed by atoms with Crippen LogP contribution in [0.15, 0.2) is 12.4 Å². The highest BCUT2D eigenvalue weighted by atomic mass is 16.2. The Bertz CT molecular complexity index is 520. The number of aryl methyl sites for hydroxylation is 2. The molecular weight excluding hydrogens is 272 g/mol. The molecule has 1 aliphatic carbocycles. The van der Waals surface area contributed by atoms with Gasteiger partial charge in [-0.05, 0) is 55.6 Å². The summed E-state index contributed by atoms with van der Waals surface area (Å²) >= 11 is 0. The molecule has 0 N–H and O–H groups in total. The fraction of sp³-hybridized carbons (Fsp3) is 0.737. The van der Waals surface area contributed by atoms with E-state index in [-0.39, 0.29) is 5.92 Å². The van der Waals surface area contributed by atoms with Crippen molar-refractivity contribution in [2.24, 2.45) is 18.9 Å². The lowest BCUT2D eigenvalue weighted by molar-refractivity contribution is -0.137. The van der Waals surface area contributed by atoms with Crippen LogP contribution in [-0.2, 0) is 11.8 Å². The van der Waals surface area contributed by atoms with Gasteiger partial charge in [0.15, 0.2) is 0 Å². The highest BCUT2D eigenvalue weighted by Gasteiger charge is 2.32.